The van der Waals surface area contributed by atoms with Gasteiger partial charge in [-0.25, -0.2) is 0 Å². The minimum atomic E-state index is -0.976. The standard InChI is InChI=1S/C13H25N3O2/c1-12(2)7-5-6-9(8-12)15-11(17)13(3,4)10(14)16-18/h9,18H,5-8H2,1-4H3,(H2,14,16)(H,15,17). The van der Waals surface area contributed by atoms with E-state index < -0.39 is 5.41 Å². The van der Waals surface area contributed by atoms with Crippen LogP contribution in [0.15, 0.2) is 5.16 Å². The number of amidine groups is 1. The van der Waals surface area contributed by atoms with Gasteiger partial charge in [0, 0.05) is 6.04 Å². The molecule has 5 heteroatoms. The second-order valence-corrected chi connectivity index (χ2v) is 6.54. The third-order valence-corrected chi connectivity index (χ3v) is 3.86. The summed E-state index contributed by atoms with van der Waals surface area (Å²) in [4.78, 5) is 12.2. The largest absolute Gasteiger partial charge is 0.409 e. The van der Waals surface area contributed by atoms with Crippen molar-refractivity contribution in [3.05, 3.63) is 0 Å². The zero-order chi connectivity index (χ0) is 14.0. The third-order valence-electron chi connectivity index (χ3n) is 3.86. The zero-order valence-electron chi connectivity index (χ0n) is 11.8. The normalized spacial score (nSPS) is 24.7. The van der Waals surface area contributed by atoms with Gasteiger partial charge in [-0.1, -0.05) is 25.4 Å². The summed E-state index contributed by atoms with van der Waals surface area (Å²) >= 11 is 0. The molecule has 0 heterocycles. The van der Waals surface area contributed by atoms with Crippen LogP contribution < -0.4 is 11.1 Å². The van der Waals surface area contributed by atoms with Gasteiger partial charge in [-0.15, -0.1) is 0 Å². The van der Waals surface area contributed by atoms with Gasteiger partial charge in [-0.2, -0.15) is 0 Å². The van der Waals surface area contributed by atoms with Crippen LogP contribution in [0.25, 0.3) is 0 Å². The van der Waals surface area contributed by atoms with Crippen LogP contribution in [0.1, 0.15) is 53.4 Å². The molecule has 1 amide bonds. The van der Waals surface area contributed by atoms with E-state index in [0.29, 0.717) is 0 Å². The molecule has 1 rings (SSSR count). The Balaban J connectivity index is 2.65. The lowest BCUT2D eigenvalue weighted by Gasteiger charge is -2.36. The molecule has 18 heavy (non-hydrogen) atoms. The highest BCUT2D eigenvalue weighted by molar-refractivity contribution is 6.05. The predicted octanol–water partition coefficient (Wildman–Crippen LogP) is 1.84. The summed E-state index contributed by atoms with van der Waals surface area (Å²) in [6.07, 6.45) is 4.30. The fraction of sp³-hybridized carbons (Fsp3) is 0.846. The van der Waals surface area contributed by atoms with E-state index in [1.165, 1.54) is 6.42 Å². The molecule has 1 aliphatic rings. The maximum absolute atomic E-state index is 12.2. The van der Waals surface area contributed by atoms with E-state index in [4.69, 9.17) is 10.9 Å². The van der Waals surface area contributed by atoms with Crippen molar-refractivity contribution in [2.75, 3.05) is 0 Å². The number of oxime groups is 1. The quantitative estimate of drug-likeness (QED) is 0.311. The Morgan fingerprint density at radius 3 is 2.61 bits per heavy atom. The molecule has 1 saturated carbocycles. The third kappa shape index (κ3) is 3.37. The van der Waals surface area contributed by atoms with Crippen LogP contribution in [-0.2, 0) is 4.79 Å². The molecule has 1 unspecified atom stereocenters. The van der Waals surface area contributed by atoms with Crippen LogP contribution in [0, 0.1) is 10.8 Å². The summed E-state index contributed by atoms with van der Waals surface area (Å²) in [7, 11) is 0. The first kappa shape index (κ1) is 14.8. The zero-order valence-corrected chi connectivity index (χ0v) is 11.8. The summed E-state index contributed by atoms with van der Waals surface area (Å²) < 4.78 is 0. The molecule has 0 aromatic rings. The van der Waals surface area contributed by atoms with Crippen LogP contribution >= 0.6 is 0 Å². The monoisotopic (exact) mass is 255 g/mol. The van der Waals surface area contributed by atoms with E-state index in [1.807, 2.05) is 0 Å². The highest BCUT2D eigenvalue weighted by Crippen LogP contribution is 2.35. The molecular weight excluding hydrogens is 230 g/mol. The summed E-state index contributed by atoms with van der Waals surface area (Å²) in [6, 6.07) is 0.187. The van der Waals surface area contributed by atoms with Gasteiger partial charge in [-0.05, 0) is 38.5 Å². The lowest BCUT2D eigenvalue weighted by Crippen LogP contribution is -2.50. The topological polar surface area (TPSA) is 87.7 Å². The Labute approximate surface area is 109 Å². The van der Waals surface area contributed by atoms with Gasteiger partial charge in [0.25, 0.3) is 0 Å². The summed E-state index contributed by atoms with van der Waals surface area (Å²) in [5.41, 5.74) is 4.85. The Kier molecular flexibility index (Phi) is 4.24. The van der Waals surface area contributed by atoms with Gasteiger partial charge in [-0.3, -0.25) is 4.79 Å². The molecule has 104 valence electrons. The van der Waals surface area contributed by atoms with E-state index in [0.717, 1.165) is 19.3 Å². The molecule has 0 aromatic carbocycles. The van der Waals surface area contributed by atoms with Gasteiger partial charge in [0.05, 0.1) is 0 Å². The van der Waals surface area contributed by atoms with Gasteiger partial charge in [0.15, 0.2) is 5.84 Å². The lowest BCUT2D eigenvalue weighted by atomic mass is 9.75. The smallest absolute Gasteiger partial charge is 0.233 e. The number of nitrogens with zero attached hydrogens (tertiary/aromatic N) is 1. The number of hydrogen-bond donors (Lipinski definition) is 3. The van der Waals surface area contributed by atoms with Crippen LogP contribution in [0.4, 0.5) is 0 Å². The molecule has 0 bridgehead atoms. The van der Waals surface area contributed by atoms with Crippen LogP contribution in [0.3, 0.4) is 0 Å². The van der Waals surface area contributed by atoms with Gasteiger partial charge >= 0.3 is 0 Å². The number of rotatable bonds is 3. The maximum Gasteiger partial charge on any atom is 0.233 e. The van der Waals surface area contributed by atoms with Crippen molar-refractivity contribution in [3.63, 3.8) is 0 Å². The van der Waals surface area contributed by atoms with E-state index in [2.05, 4.69) is 24.3 Å². The van der Waals surface area contributed by atoms with Crippen molar-refractivity contribution in [3.8, 4) is 0 Å². The molecule has 0 spiro atoms. The number of carbonyl (C=O) groups excluding carboxylic acids is 1. The summed E-state index contributed by atoms with van der Waals surface area (Å²) in [6.45, 7) is 7.76. The van der Waals surface area contributed by atoms with E-state index >= 15 is 0 Å². The van der Waals surface area contributed by atoms with Gasteiger partial charge < -0.3 is 16.3 Å². The fourth-order valence-electron chi connectivity index (χ4n) is 2.43. The predicted molar refractivity (Wildman–Crippen MR) is 71.4 cm³/mol. The van der Waals surface area contributed by atoms with E-state index in [9.17, 15) is 4.79 Å². The Morgan fingerprint density at radius 2 is 2.11 bits per heavy atom. The Hall–Kier alpha value is -1.26. The minimum Gasteiger partial charge on any atom is -0.409 e. The first-order valence-corrected chi connectivity index (χ1v) is 6.48. The number of nitrogens with one attached hydrogen (secondary N) is 1. The molecule has 0 aromatic heterocycles. The highest BCUT2D eigenvalue weighted by Gasteiger charge is 2.36. The molecule has 1 aliphatic carbocycles. The Bertz CT molecular complexity index is 348. The number of carbonyl (C=O) groups is 1. The highest BCUT2D eigenvalue weighted by atomic mass is 16.4. The molecule has 5 nitrogen and oxygen atoms in total. The molecule has 0 radical (unpaired) electrons. The van der Waals surface area contributed by atoms with Crippen molar-refractivity contribution < 1.29 is 10.0 Å². The van der Waals surface area contributed by atoms with E-state index in [-0.39, 0.29) is 23.2 Å². The molecule has 0 aliphatic heterocycles. The lowest BCUT2D eigenvalue weighted by molar-refractivity contribution is -0.127. The number of nitrogens with two attached hydrogens (primary N) is 1. The SMILES string of the molecule is CC1(C)CCCC(NC(=O)C(C)(C)C(N)=NO)C1. The van der Waals surface area contributed by atoms with Crippen molar-refractivity contribution in [1.29, 1.82) is 0 Å². The molecule has 0 saturated heterocycles. The van der Waals surface area contributed by atoms with Crippen molar-refractivity contribution >= 4 is 11.7 Å². The van der Waals surface area contributed by atoms with E-state index in [1.54, 1.807) is 13.8 Å². The minimum absolute atomic E-state index is 0.0601. The van der Waals surface area contributed by atoms with Crippen molar-refractivity contribution in [1.82, 2.24) is 5.32 Å². The van der Waals surface area contributed by atoms with Crippen LogP contribution in [-0.4, -0.2) is 23.0 Å². The summed E-state index contributed by atoms with van der Waals surface area (Å²) in [5, 5.41) is 14.6. The van der Waals surface area contributed by atoms with Crippen LogP contribution in [0.2, 0.25) is 0 Å². The Morgan fingerprint density at radius 1 is 1.50 bits per heavy atom. The second-order valence-electron chi connectivity index (χ2n) is 6.54. The number of hydrogen-bond acceptors (Lipinski definition) is 3. The molecular formula is C13H25N3O2. The fourth-order valence-corrected chi connectivity index (χ4v) is 2.43. The van der Waals surface area contributed by atoms with Crippen molar-refractivity contribution in [2.24, 2.45) is 21.7 Å². The van der Waals surface area contributed by atoms with Gasteiger partial charge in [0.1, 0.15) is 5.41 Å². The maximum atomic E-state index is 12.2. The first-order valence-electron chi connectivity index (χ1n) is 6.48. The first-order chi connectivity index (χ1) is 8.19. The molecule has 1 fully saturated rings. The molecule has 4 N–H and O–H groups in total. The average Bonchev–Trinajstić information content (AvgIpc) is 2.26. The number of amides is 1. The van der Waals surface area contributed by atoms with Gasteiger partial charge in [0.2, 0.25) is 5.91 Å². The second kappa shape index (κ2) is 5.16. The van der Waals surface area contributed by atoms with Crippen molar-refractivity contribution in [2.45, 2.75) is 59.4 Å². The van der Waals surface area contributed by atoms with Crippen LogP contribution in [0.5, 0.6) is 0 Å². The summed E-state index contributed by atoms with van der Waals surface area (Å²) in [5.74, 6) is -0.240. The average molecular weight is 255 g/mol. The molecule has 1 atom stereocenters.